The molecule has 2 aliphatic rings. The lowest BCUT2D eigenvalue weighted by molar-refractivity contribution is -0.124. The Labute approximate surface area is 154 Å². The number of benzene rings is 1. The van der Waals surface area contributed by atoms with Gasteiger partial charge in [0.05, 0.1) is 4.90 Å². The molecular formula is C18H25ClN2O3S. The van der Waals surface area contributed by atoms with E-state index in [0.29, 0.717) is 17.9 Å². The molecule has 1 amide bonds. The highest BCUT2D eigenvalue weighted by Gasteiger charge is 2.53. The Hall–Kier alpha value is -1.11. The molecule has 7 heteroatoms. The molecule has 0 heterocycles. The predicted octanol–water partition coefficient (Wildman–Crippen LogP) is 2.81. The Bertz CT molecular complexity index is 719. The third-order valence-corrected chi connectivity index (χ3v) is 8.34. The fourth-order valence-electron chi connectivity index (χ4n) is 3.98. The van der Waals surface area contributed by atoms with Gasteiger partial charge in [-0.1, -0.05) is 24.4 Å². The number of nitrogens with one attached hydrogen (secondary N) is 1. The van der Waals surface area contributed by atoms with Crippen LogP contribution in [0.3, 0.4) is 0 Å². The highest BCUT2D eigenvalue weighted by Crippen LogP contribution is 2.41. The maximum Gasteiger partial charge on any atom is 0.242 e. The summed E-state index contributed by atoms with van der Waals surface area (Å²) >= 11 is 5.87. The lowest BCUT2D eigenvalue weighted by Gasteiger charge is -2.32. The van der Waals surface area contributed by atoms with E-state index >= 15 is 0 Å². The molecule has 2 fully saturated rings. The smallest absolute Gasteiger partial charge is 0.242 e. The van der Waals surface area contributed by atoms with Gasteiger partial charge in [-0.05, 0) is 62.8 Å². The van der Waals surface area contributed by atoms with Gasteiger partial charge in [0.1, 0.15) is 0 Å². The van der Waals surface area contributed by atoms with E-state index in [1.165, 1.54) is 12.1 Å². The second-order valence-corrected chi connectivity index (χ2v) is 9.94. The van der Waals surface area contributed by atoms with Crippen LogP contribution in [-0.4, -0.2) is 31.2 Å². The summed E-state index contributed by atoms with van der Waals surface area (Å²) in [5.74, 6) is -0.347. The maximum absolute atomic E-state index is 13.3. The molecule has 0 bridgehead atoms. The van der Waals surface area contributed by atoms with Crippen LogP contribution in [0.15, 0.2) is 29.2 Å². The maximum atomic E-state index is 13.3. The number of sulfone groups is 1. The number of carbonyl (C=O) groups excluding carboxylic acids is 1. The fraction of sp³-hybridized carbons (Fsp3) is 0.611. The van der Waals surface area contributed by atoms with Crippen LogP contribution in [-0.2, 0) is 14.6 Å². The second-order valence-electron chi connectivity index (χ2n) is 7.24. The first-order valence-electron chi connectivity index (χ1n) is 8.92. The Kier molecular flexibility index (Phi) is 5.42. The van der Waals surface area contributed by atoms with Gasteiger partial charge in [0.15, 0.2) is 14.6 Å². The number of nitrogens with two attached hydrogens (primary N) is 1. The Balaban J connectivity index is 1.85. The zero-order valence-electron chi connectivity index (χ0n) is 14.2. The Morgan fingerprint density at radius 3 is 2.20 bits per heavy atom. The van der Waals surface area contributed by atoms with Gasteiger partial charge in [-0.2, -0.15) is 0 Å². The van der Waals surface area contributed by atoms with Crippen molar-refractivity contribution in [2.75, 3.05) is 0 Å². The molecule has 0 aromatic heterocycles. The Morgan fingerprint density at radius 1 is 1.08 bits per heavy atom. The molecule has 0 aliphatic heterocycles. The molecule has 1 aromatic carbocycles. The highest BCUT2D eigenvalue weighted by molar-refractivity contribution is 7.93. The lowest BCUT2D eigenvalue weighted by Crippen LogP contribution is -2.54. The fourth-order valence-corrected chi connectivity index (χ4v) is 6.18. The zero-order valence-corrected chi connectivity index (χ0v) is 15.8. The zero-order chi connectivity index (χ0) is 18.1. The van der Waals surface area contributed by atoms with E-state index in [2.05, 4.69) is 5.32 Å². The van der Waals surface area contributed by atoms with Crippen molar-refractivity contribution in [2.45, 2.75) is 73.1 Å². The van der Waals surface area contributed by atoms with Crippen LogP contribution in [0.2, 0.25) is 5.02 Å². The summed E-state index contributed by atoms with van der Waals surface area (Å²) in [5.41, 5.74) is 5.91. The van der Waals surface area contributed by atoms with Gasteiger partial charge >= 0.3 is 0 Å². The molecule has 3 rings (SSSR count). The number of carbonyl (C=O) groups is 1. The average Bonchev–Trinajstić information content (AvgIpc) is 3.09. The van der Waals surface area contributed by atoms with Crippen molar-refractivity contribution in [3.8, 4) is 0 Å². The minimum absolute atomic E-state index is 0.0187. The largest absolute Gasteiger partial charge is 0.352 e. The van der Waals surface area contributed by atoms with Crippen LogP contribution < -0.4 is 11.1 Å². The van der Waals surface area contributed by atoms with Gasteiger partial charge in [-0.15, -0.1) is 0 Å². The number of rotatable bonds is 4. The van der Waals surface area contributed by atoms with Crippen LogP contribution in [0.25, 0.3) is 0 Å². The third kappa shape index (κ3) is 3.57. The summed E-state index contributed by atoms with van der Waals surface area (Å²) in [7, 11) is -3.77. The molecule has 5 nitrogen and oxygen atoms in total. The molecule has 138 valence electrons. The highest BCUT2D eigenvalue weighted by atomic mass is 35.5. The average molecular weight is 385 g/mol. The van der Waals surface area contributed by atoms with Crippen LogP contribution in [0.4, 0.5) is 0 Å². The second kappa shape index (κ2) is 7.25. The number of amides is 1. The predicted molar refractivity (Wildman–Crippen MR) is 98.2 cm³/mol. The van der Waals surface area contributed by atoms with Crippen LogP contribution in [0.5, 0.6) is 0 Å². The van der Waals surface area contributed by atoms with E-state index in [1.807, 2.05) is 0 Å². The first-order valence-corrected chi connectivity index (χ1v) is 10.8. The summed E-state index contributed by atoms with van der Waals surface area (Å²) in [6.07, 6.45) is 5.58. The van der Waals surface area contributed by atoms with Gasteiger partial charge in [0.2, 0.25) is 5.91 Å². The molecule has 2 aliphatic carbocycles. The van der Waals surface area contributed by atoms with Crippen LogP contribution in [0.1, 0.15) is 51.4 Å². The molecule has 2 saturated carbocycles. The van der Waals surface area contributed by atoms with E-state index in [9.17, 15) is 13.2 Å². The minimum Gasteiger partial charge on any atom is -0.352 e. The minimum atomic E-state index is -3.77. The summed E-state index contributed by atoms with van der Waals surface area (Å²) in [6, 6.07) is 6.29. The van der Waals surface area contributed by atoms with Gasteiger partial charge in [-0.25, -0.2) is 8.42 Å². The summed E-state index contributed by atoms with van der Waals surface area (Å²) in [6.45, 7) is 0. The van der Waals surface area contributed by atoms with Gasteiger partial charge in [0.25, 0.3) is 0 Å². The molecule has 0 unspecified atom stereocenters. The molecule has 0 radical (unpaired) electrons. The molecule has 25 heavy (non-hydrogen) atoms. The van der Waals surface area contributed by atoms with Crippen molar-refractivity contribution >= 4 is 27.3 Å². The van der Waals surface area contributed by atoms with Gasteiger partial charge in [-0.3, -0.25) is 4.79 Å². The lowest BCUT2D eigenvalue weighted by atomic mass is 9.91. The van der Waals surface area contributed by atoms with Crippen molar-refractivity contribution in [3.63, 3.8) is 0 Å². The number of hydrogen-bond acceptors (Lipinski definition) is 4. The van der Waals surface area contributed by atoms with Crippen molar-refractivity contribution in [1.29, 1.82) is 0 Å². The summed E-state index contributed by atoms with van der Waals surface area (Å²) < 4.78 is 25.2. The summed E-state index contributed by atoms with van der Waals surface area (Å²) in [4.78, 5) is 13.2. The van der Waals surface area contributed by atoms with Gasteiger partial charge in [0, 0.05) is 17.1 Å². The van der Waals surface area contributed by atoms with Crippen molar-refractivity contribution < 1.29 is 13.2 Å². The number of halogens is 1. The molecule has 1 aromatic rings. The van der Waals surface area contributed by atoms with E-state index in [4.69, 9.17) is 17.3 Å². The number of hydrogen-bond donors (Lipinski definition) is 2. The van der Waals surface area contributed by atoms with Crippen LogP contribution in [0, 0.1) is 0 Å². The van der Waals surface area contributed by atoms with E-state index in [0.717, 1.165) is 38.5 Å². The van der Waals surface area contributed by atoms with Crippen molar-refractivity contribution in [2.24, 2.45) is 5.73 Å². The standard InChI is InChI=1S/C18H25ClN2O3S/c19-13-3-9-16(10-4-13)25(23,24)18(11-1-2-12-18)17(22)21-15-7-5-14(20)6-8-15/h3-4,9-10,14-15H,1-2,5-8,11-12,20H2,(H,21,22). The first-order chi connectivity index (χ1) is 11.8. The molecular weight excluding hydrogens is 360 g/mol. The summed E-state index contributed by atoms with van der Waals surface area (Å²) in [5, 5.41) is 3.48. The SMILES string of the molecule is NC1CCC(NC(=O)C2(S(=O)(=O)c3ccc(Cl)cc3)CCCC2)CC1. The first kappa shape index (κ1) is 18.7. The van der Waals surface area contributed by atoms with Crippen molar-refractivity contribution in [1.82, 2.24) is 5.32 Å². The topological polar surface area (TPSA) is 89.3 Å². The molecule has 0 spiro atoms. The van der Waals surface area contributed by atoms with E-state index < -0.39 is 14.6 Å². The molecule has 0 atom stereocenters. The monoisotopic (exact) mass is 384 g/mol. The normalized spacial score (nSPS) is 26.3. The quantitative estimate of drug-likeness (QED) is 0.835. The van der Waals surface area contributed by atoms with E-state index in [1.54, 1.807) is 12.1 Å². The van der Waals surface area contributed by atoms with E-state index in [-0.39, 0.29) is 22.9 Å². The van der Waals surface area contributed by atoms with Crippen molar-refractivity contribution in [3.05, 3.63) is 29.3 Å². The Morgan fingerprint density at radius 2 is 1.64 bits per heavy atom. The molecule has 0 saturated heterocycles. The third-order valence-electron chi connectivity index (χ3n) is 5.57. The molecule has 3 N–H and O–H groups in total. The van der Waals surface area contributed by atoms with Gasteiger partial charge < -0.3 is 11.1 Å². The van der Waals surface area contributed by atoms with Crippen LogP contribution >= 0.6 is 11.6 Å².